The summed E-state index contributed by atoms with van der Waals surface area (Å²) in [6.07, 6.45) is 1.24. The Labute approximate surface area is 89.6 Å². The highest BCUT2D eigenvalue weighted by Gasteiger charge is 2.03. The maximum absolute atomic E-state index is 12.9. The lowest BCUT2D eigenvalue weighted by Gasteiger charge is -2.00. The molecule has 0 bridgehead atoms. The minimum absolute atomic E-state index is 0.00940. The Morgan fingerprint density at radius 2 is 2.20 bits per heavy atom. The SMILES string of the molecule is O=c1[nH]c(-c2cccc(F)c2)ncc1Cl. The van der Waals surface area contributed by atoms with Crippen LogP contribution in [0.25, 0.3) is 11.4 Å². The molecule has 0 saturated heterocycles. The van der Waals surface area contributed by atoms with Gasteiger partial charge in [-0.1, -0.05) is 23.7 Å². The fourth-order valence-electron chi connectivity index (χ4n) is 1.16. The first kappa shape index (κ1) is 9.86. The molecule has 0 unspecified atom stereocenters. The molecule has 1 N–H and O–H groups in total. The second kappa shape index (κ2) is 3.82. The smallest absolute Gasteiger partial charge is 0.269 e. The van der Waals surface area contributed by atoms with Gasteiger partial charge in [0.25, 0.3) is 5.56 Å². The van der Waals surface area contributed by atoms with E-state index in [2.05, 4.69) is 9.97 Å². The molecule has 0 radical (unpaired) electrons. The molecule has 1 aromatic carbocycles. The zero-order valence-corrected chi connectivity index (χ0v) is 8.25. The molecule has 0 aliphatic carbocycles. The number of nitrogens with one attached hydrogen (secondary N) is 1. The molecule has 0 spiro atoms. The molecule has 2 aromatic rings. The molecule has 1 aromatic heterocycles. The maximum Gasteiger partial charge on any atom is 0.269 e. The lowest BCUT2D eigenvalue weighted by Crippen LogP contribution is -2.08. The third-order valence-corrected chi connectivity index (χ3v) is 2.12. The second-order valence-corrected chi connectivity index (χ2v) is 3.33. The van der Waals surface area contributed by atoms with Crippen molar-refractivity contribution >= 4 is 11.6 Å². The van der Waals surface area contributed by atoms with Crippen LogP contribution in [-0.2, 0) is 0 Å². The van der Waals surface area contributed by atoms with Crippen LogP contribution >= 0.6 is 11.6 Å². The van der Waals surface area contributed by atoms with Gasteiger partial charge in [0, 0.05) is 5.56 Å². The molecular weight excluding hydrogens is 219 g/mol. The lowest BCUT2D eigenvalue weighted by atomic mass is 10.2. The van der Waals surface area contributed by atoms with E-state index in [1.807, 2.05) is 0 Å². The van der Waals surface area contributed by atoms with Crippen LogP contribution in [0.3, 0.4) is 0 Å². The summed E-state index contributed by atoms with van der Waals surface area (Å²) in [5, 5.41) is 0.00940. The van der Waals surface area contributed by atoms with E-state index in [9.17, 15) is 9.18 Å². The van der Waals surface area contributed by atoms with Crippen LogP contribution in [0.1, 0.15) is 0 Å². The van der Waals surface area contributed by atoms with Crippen molar-refractivity contribution in [2.75, 3.05) is 0 Å². The topological polar surface area (TPSA) is 45.8 Å². The highest BCUT2D eigenvalue weighted by molar-refractivity contribution is 6.30. The summed E-state index contributed by atoms with van der Waals surface area (Å²) >= 11 is 5.52. The van der Waals surface area contributed by atoms with E-state index < -0.39 is 5.56 Å². The van der Waals surface area contributed by atoms with Crippen molar-refractivity contribution in [3.63, 3.8) is 0 Å². The monoisotopic (exact) mass is 224 g/mol. The molecule has 3 nitrogen and oxygen atoms in total. The first-order valence-electron chi connectivity index (χ1n) is 4.17. The van der Waals surface area contributed by atoms with Crippen LogP contribution in [0, 0.1) is 5.82 Å². The molecule has 76 valence electrons. The average molecular weight is 225 g/mol. The number of rotatable bonds is 1. The Balaban J connectivity index is 2.55. The van der Waals surface area contributed by atoms with Gasteiger partial charge in [0.1, 0.15) is 16.7 Å². The van der Waals surface area contributed by atoms with Crippen LogP contribution in [0.5, 0.6) is 0 Å². The third kappa shape index (κ3) is 2.05. The van der Waals surface area contributed by atoms with Crippen molar-refractivity contribution in [1.29, 1.82) is 0 Å². The predicted octanol–water partition coefficient (Wildman–Crippen LogP) is 2.23. The minimum atomic E-state index is -0.439. The van der Waals surface area contributed by atoms with Crippen molar-refractivity contribution in [2.45, 2.75) is 0 Å². The highest BCUT2D eigenvalue weighted by Crippen LogP contribution is 2.14. The summed E-state index contributed by atoms with van der Waals surface area (Å²) in [5.74, 6) is -0.0889. The Kier molecular flexibility index (Phi) is 2.51. The van der Waals surface area contributed by atoms with Gasteiger partial charge < -0.3 is 4.98 Å². The fraction of sp³-hybridized carbons (Fsp3) is 0. The third-order valence-electron chi connectivity index (χ3n) is 1.85. The second-order valence-electron chi connectivity index (χ2n) is 2.92. The summed E-state index contributed by atoms with van der Waals surface area (Å²) in [6.45, 7) is 0. The largest absolute Gasteiger partial charge is 0.305 e. The van der Waals surface area contributed by atoms with Gasteiger partial charge in [-0.15, -0.1) is 0 Å². The van der Waals surface area contributed by atoms with Gasteiger partial charge >= 0.3 is 0 Å². The molecular formula is C10H6ClFN2O. The van der Waals surface area contributed by atoms with E-state index in [0.29, 0.717) is 11.4 Å². The molecule has 0 saturated carbocycles. The normalized spacial score (nSPS) is 10.3. The Morgan fingerprint density at radius 1 is 1.40 bits per heavy atom. The van der Waals surface area contributed by atoms with Crippen molar-refractivity contribution in [1.82, 2.24) is 9.97 Å². The molecule has 15 heavy (non-hydrogen) atoms. The van der Waals surface area contributed by atoms with Gasteiger partial charge in [-0.2, -0.15) is 0 Å². The Hall–Kier alpha value is -1.68. The van der Waals surface area contributed by atoms with E-state index in [-0.39, 0.29) is 10.8 Å². The summed E-state index contributed by atoms with van der Waals surface area (Å²) in [4.78, 5) is 17.5. The van der Waals surface area contributed by atoms with E-state index in [1.54, 1.807) is 12.1 Å². The van der Waals surface area contributed by atoms with Crippen molar-refractivity contribution in [3.05, 3.63) is 51.7 Å². The van der Waals surface area contributed by atoms with Gasteiger partial charge in [-0.3, -0.25) is 4.79 Å². The highest BCUT2D eigenvalue weighted by atomic mass is 35.5. The molecule has 0 aliphatic rings. The van der Waals surface area contributed by atoms with Crippen LogP contribution < -0.4 is 5.56 Å². The number of hydrogen-bond acceptors (Lipinski definition) is 2. The number of aromatic amines is 1. The van der Waals surface area contributed by atoms with E-state index in [0.717, 1.165) is 0 Å². The van der Waals surface area contributed by atoms with Crippen LogP contribution in [0.4, 0.5) is 4.39 Å². The van der Waals surface area contributed by atoms with Gasteiger partial charge in [-0.25, -0.2) is 9.37 Å². The molecule has 0 amide bonds. The van der Waals surface area contributed by atoms with Crippen molar-refractivity contribution in [3.8, 4) is 11.4 Å². The molecule has 0 atom stereocenters. The Bertz CT molecular complexity index is 553. The number of benzene rings is 1. The lowest BCUT2D eigenvalue weighted by molar-refractivity contribution is 0.628. The summed E-state index contributed by atoms with van der Waals surface area (Å²) in [7, 11) is 0. The molecule has 0 fully saturated rings. The number of H-pyrrole nitrogens is 1. The first-order valence-corrected chi connectivity index (χ1v) is 4.55. The quantitative estimate of drug-likeness (QED) is 0.808. The zero-order chi connectivity index (χ0) is 10.8. The molecule has 5 heteroatoms. The van der Waals surface area contributed by atoms with Crippen LogP contribution in [-0.4, -0.2) is 9.97 Å². The van der Waals surface area contributed by atoms with Crippen LogP contribution in [0.2, 0.25) is 5.02 Å². The average Bonchev–Trinajstić information content (AvgIpc) is 2.22. The summed E-state index contributed by atoms with van der Waals surface area (Å²) in [6, 6.07) is 5.79. The van der Waals surface area contributed by atoms with Crippen molar-refractivity contribution < 1.29 is 4.39 Å². The van der Waals surface area contributed by atoms with Gasteiger partial charge in [0.2, 0.25) is 0 Å². The van der Waals surface area contributed by atoms with E-state index in [4.69, 9.17) is 11.6 Å². The summed E-state index contributed by atoms with van der Waals surface area (Å²) in [5.41, 5.74) is 0.0645. The molecule has 0 aliphatic heterocycles. The first-order chi connectivity index (χ1) is 7.16. The van der Waals surface area contributed by atoms with E-state index in [1.165, 1.54) is 18.3 Å². The van der Waals surface area contributed by atoms with Gasteiger partial charge in [0.05, 0.1) is 6.20 Å². The zero-order valence-electron chi connectivity index (χ0n) is 7.50. The minimum Gasteiger partial charge on any atom is -0.305 e. The number of halogens is 2. The van der Waals surface area contributed by atoms with E-state index >= 15 is 0 Å². The van der Waals surface area contributed by atoms with Crippen molar-refractivity contribution in [2.24, 2.45) is 0 Å². The van der Waals surface area contributed by atoms with Crippen LogP contribution in [0.15, 0.2) is 35.3 Å². The Morgan fingerprint density at radius 3 is 2.87 bits per heavy atom. The number of hydrogen-bond donors (Lipinski definition) is 1. The molecule has 1 heterocycles. The standard InChI is InChI=1S/C10H6ClFN2O/c11-8-5-13-9(14-10(8)15)6-2-1-3-7(12)4-6/h1-5H,(H,13,14,15). The predicted molar refractivity (Wildman–Crippen MR) is 55.3 cm³/mol. The number of aromatic nitrogens is 2. The maximum atomic E-state index is 12.9. The molecule has 2 rings (SSSR count). The number of nitrogens with zero attached hydrogens (tertiary/aromatic N) is 1. The van der Waals surface area contributed by atoms with Gasteiger partial charge in [0.15, 0.2) is 0 Å². The summed E-state index contributed by atoms with van der Waals surface area (Å²) < 4.78 is 12.9. The fourth-order valence-corrected chi connectivity index (χ4v) is 1.26. The van der Waals surface area contributed by atoms with Gasteiger partial charge in [-0.05, 0) is 12.1 Å².